The molecule has 0 aliphatic carbocycles. The molecule has 3 heteroatoms. The number of fused-ring (bicyclic) bond motifs is 6. The second kappa shape index (κ2) is 20.1. The highest BCUT2D eigenvalue weighted by molar-refractivity contribution is 7.00. The van der Waals surface area contributed by atoms with Crippen LogP contribution in [0.25, 0.3) is 66.1 Å². The van der Waals surface area contributed by atoms with E-state index in [-0.39, 0.29) is 33.8 Å². The summed E-state index contributed by atoms with van der Waals surface area (Å²) >= 11 is 0. The van der Waals surface area contributed by atoms with Crippen molar-refractivity contribution in [1.29, 1.82) is 0 Å². The molecule has 85 heavy (non-hydrogen) atoms. The summed E-state index contributed by atoms with van der Waals surface area (Å²) in [6.45, 7) is 34.6. The smallest absolute Gasteiger partial charge is 0.252 e. The molecule has 11 aromatic rings. The predicted molar refractivity (Wildman–Crippen MR) is 371 cm³/mol. The highest BCUT2D eigenvalue weighted by Crippen LogP contribution is 2.49. The molecule has 2 nitrogen and oxygen atoms in total. The fraction of sp³-hybridized carbons (Fsp3) is 0.244. The molecule has 0 N–H and O–H groups in total. The summed E-state index contributed by atoms with van der Waals surface area (Å²) in [5.41, 5.74) is 27.6. The van der Waals surface area contributed by atoms with Crippen molar-refractivity contribution in [3.63, 3.8) is 0 Å². The zero-order valence-corrected chi connectivity index (χ0v) is 52.8. The lowest BCUT2D eigenvalue weighted by Crippen LogP contribution is -2.61. The average Bonchev–Trinajstić information content (AvgIpc) is 0.860. The zero-order chi connectivity index (χ0) is 59.7. The van der Waals surface area contributed by atoms with Gasteiger partial charge in [-0.2, -0.15) is 0 Å². The van der Waals surface area contributed by atoms with E-state index in [0.29, 0.717) is 0 Å². The van der Waals surface area contributed by atoms with Crippen LogP contribution < -0.4 is 26.2 Å². The molecule has 0 aromatic heterocycles. The minimum absolute atomic E-state index is 0.00735. The van der Waals surface area contributed by atoms with Gasteiger partial charge in [0, 0.05) is 34.1 Å². The Bertz CT molecular complexity index is 4320. The molecular formula is C82H81BN2. The van der Waals surface area contributed by atoms with Crippen molar-refractivity contribution in [2.75, 3.05) is 9.80 Å². The summed E-state index contributed by atoms with van der Waals surface area (Å²) in [5, 5.41) is 5.06. The van der Waals surface area contributed by atoms with Gasteiger partial charge in [0.15, 0.2) is 0 Å². The minimum Gasteiger partial charge on any atom is -0.311 e. The first-order chi connectivity index (χ1) is 40.3. The van der Waals surface area contributed by atoms with Gasteiger partial charge in [0.25, 0.3) is 6.71 Å². The molecular weight excluding hydrogens is 1020 g/mol. The molecule has 0 saturated carbocycles. The number of rotatable bonds is 6. The standard InChI is InChI=1S/C82H81BN2/c1-78(2,3)58-33-28-53(29-34-58)57-49-73-77-74(50-57)85(64-44-39-61(40-45-64)81(10,11)12)72-51-62(82(13,14)15)41-46-69(72)83(77)70-48-56(32-47-71(70)84(73)63-42-37-60(38-43-63)80(7,8)9)52-24-26-54(27-25-52)75-65-20-16-18-22-67(65)76(68-23-19-17-21-66(68)75)55-30-35-59(36-31-55)79(4,5)6/h16-51H,1-15H3. The minimum atomic E-state index is -0.0717. The Hall–Kier alpha value is -8.40. The second-order valence-electron chi connectivity index (χ2n) is 29.5. The Labute approximate surface area is 507 Å². The van der Waals surface area contributed by atoms with Crippen LogP contribution in [-0.4, -0.2) is 6.71 Å². The first kappa shape index (κ1) is 55.8. The van der Waals surface area contributed by atoms with E-state index in [2.05, 4.69) is 332 Å². The summed E-state index contributed by atoms with van der Waals surface area (Å²) in [4.78, 5) is 5.17. The van der Waals surface area contributed by atoms with E-state index < -0.39 is 0 Å². The second-order valence-corrected chi connectivity index (χ2v) is 29.5. The van der Waals surface area contributed by atoms with Gasteiger partial charge >= 0.3 is 0 Å². The molecule has 0 spiro atoms. The summed E-state index contributed by atoms with van der Waals surface area (Å²) in [5.74, 6) is 0. The largest absolute Gasteiger partial charge is 0.311 e. The third kappa shape index (κ3) is 9.88. The van der Waals surface area contributed by atoms with Gasteiger partial charge in [-0.25, -0.2) is 0 Å². The molecule has 0 saturated heterocycles. The molecule has 2 aliphatic heterocycles. The van der Waals surface area contributed by atoms with Crippen molar-refractivity contribution in [2.45, 2.75) is 131 Å². The Balaban J connectivity index is 1.02. The van der Waals surface area contributed by atoms with Crippen LogP contribution in [0.2, 0.25) is 0 Å². The van der Waals surface area contributed by atoms with Crippen LogP contribution >= 0.6 is 0 Å². The number of anilines is 6. The van der Waals surface area contributed by atoms with Crippen molar-refractivity contribution in [1.82, 2.24) is 0 Å². The summed E-state index contributed by atoms with van der Waals surface area (Å²) in [6.07, 6.45) is 0. The Morgan fingerprint density at radius 1 is 0.247 bits per heavy atom. The fourth-order valence-electron chi connectivity index (χ4n) is 13.5. The molecule has 2 heterocycles. The van der Waals surface area contributed by atoms with E-state index in [1.54, 1.807) is 0 Å². The summed E-state index contributed by atoms with van der Waals surface area (Å²) in [7, 11) is 0. The van der Waals surface area contributed by atoms with Crippen LogP contribution in [0.3, 0.4) is 0 Å². The predicted octanol–water partition coefficient (Wildman–Crippen LogP) is 21.2. The van der Waals surface area contributed by atoms with E-state index in [1.165, 1.54) is 133 Å². The number of benzene rings is 11. The van der Waals surface area contributed by atoms with Crippen molar-refractivity contribution in [3.8, 4) is 44.5 Å². The van der Waals surface area contributed by atoms with Crippen LogP contribution in [0.5, 0.6) is 0 Å². The van der Waals surface area contributed by atoms with Gasteiger partial charge in [0.2, 0.25) is 0 Å². The van der Waals surface area contributed by atoms with Crippen LogP contribution in [0.4, 0.5) is 34.1 Å². The maximum atomic E-state index is 2.59. The molecule has 0 atom stereocenters. The molecule has 13 rings (SSSR count). The van der Waals surface area contributed by atoms with Crippen molar-refractivity contribution < 1.29 is 0 Å². The van der Waals surface area contributed by atoms with Crippen LogP contribution in [-0.2, 0) is 27.1 Å². The quantitative estimate of drug-likeness (QED) is 0.121. The average molecular weight is 1110 g/mol. The molecule has 0 radical (unpaired) electrons. The zero-order valence-electron chi connectivity index (χ0n) is 52.8. The molecule has 0 bridgehead atoms. The molecule has 2 aliphatic rings. The summed E-state index contributed by atoms with van der Waals surface area (Å²) < 4.78 is 0. The maximum absolute atomic E-state index is 2.59. The van der Waals surface area contributed by atoms with E-state index in [4.69, 9.17) is 0 Å². The Morgan fingerprint density at radius 3 is 0.988 bits per heavy atom. The van der Waals surface area contributed by atoms with Gasteiger partial charge < -0.3 is 9.80 Å². The van der Waals surface area contributed by atoms with Crippen LogP contribution in [0.15, 0.2) is 218 Å². The van der Waals surface area contributed by atoms with Crippen molar-refractivity contribution >= 4 is 78.8 Å². The van der Waals surface area contributed by atoms with Gasteiger partial charge in [0.1, 0.15) is 0 Å². The van der Waals surface area contributed by atoms with E-state index in [0.717, 1.165) is 11.4 Å². The van der Waals surface area contributed by atoms with Gasteiger partial charge in [-0.3, -0.25) is 0 Å². The highest BCUT2D eigenvalue weighted by Gasteiger charge is 2.44. The third-order valence-electron chi connectivity index (χ3n) is 18.5. The monoisotopic (exact) mass is 1100 g/mol. The SMILES string of the molecule is CC(C)(C)c1ccc(-c2cc3c4c(c2)N(c2ccc(C(C)(C)C)cc2)c2cc(C(C)(C)C)ccc2B4c2cc(-c4ccc(-c5c6ccccc6c(-c6ccc(C(C)(C)C)cc6)c6ccccc56)cc4)ccc2N3c2ccc(C(C)(C)C)cc2)cc1. The first-order valence-electron chi connectivity index (χ1n) is 30.8. The lowest BCUT2D eigenvalue weighted by Gasteiger charge is -2.45. The first-order valence-corrected chi connectivity index (χ1v) is 30.8. The van der Waals surface area contributed by atoms with E-state index >= 15 is 0 Å². The van der Waals surface area contributed by atoms with Gasteiger partial charge in [-0.15, -0.1) is 0 Å². The summed E-state index contributed by atoms with van der Waals surface area (Å²) in [6, 6.07) is 84.5. The van der Waals surface area contributed by atoms with Gasteiger partial charge in [0.05, 0.1) is 0 Å². The van der Waals surface area contributed by atoms with Crippen LogP contribution in [0.1, 0.15) is 132 Å². The maximum Gasteiger partial charge on any atom is 0.252 e. The lowest BCUT2D eigenvalue weighted by molar-refractivity contribution is 0.590. The van der Waals surface area contributed by atoms with Crippen LogP contribution in [0, 0.1) is 0 Å². The number of hydrogen-bond donors (Lipinski definition) is 0. The molecule has 0 fully saturated rings. The third-order valence-corrected chi connectivity index (χ3v) is 18.5. The number of nitrogens with zero attached hydrogens (tertiary/aromatic N) is 2. The molecule has 0 amide bonds. The van der Waals surface area contributed by atoms with Crippen molar-refractivity contribution in [3.05, 3.63) is 246 Å². The molecule has 422 valence electrons. The normalized spacial score (nSPS) is 13.5. The molecule has 11 aromatic carbocycles. The van der Waals surface area contributed by atoms with E-state index in [9.17, 15) is 0 Å². The fourth-order valence-corrected chi connectivity index (χ4v) is 13.5. The number of hydrogen-bond acceptors (Lipinski definition) is 2. The van der Waals surface area contributed by atoms with E-state index in [1.807, 2.05) is 0 Å². The van der Waals surface area contributed by atoms with Crippen molar-refractivity contribution in [2.24, 2.45) is 0 Å². The Morgan fingerprint density at radius 2 is 0.576 bits per heavy atom. The highest BCUT2D eigenvalue weighted by atomic mass is 15.2. The van der Waals surface area contributed by atoms with Gasteiger partial charge in [-0.1, -0.05) is 274 Å². The van der Waals surface area contributed by atoms with Gasteiger partial charge in [-0.05, 0) is 186 Å². The molecule has 0 unspecified atom stereocenters. The lowest BCUT2D eigenvalue weighted by atomic mass is 9.33. The topological polar surface area (TPSA) is 6.48 Å². The Kier molecular flexibility index (Phi) is 13.2.